The number of aryl methyl sites for hydroxylation is 1. The minimum Gasteiger partial charge on any atom is -0.497 e. The third-order valence-corrected chi connectivity index (χ3v) is 8.25. The lowest BCUT2D eigenvalue weighted by Gasteiger charge is -2.41. The molecule has 0 amide bonds. The Morgan fingerprint density at radius 2 is 2.00 bits per heavy atom. The summed E-state index contributed by atoms with van der Waals surface area (Å²) in [7, 11) is 1.67. The first-order chi connectivity index (χ1) is 16.6. The van der Waals surface area contributed by atoms with Gasteiger partial charge in [0, 0.05) is 36.3 Å². The molecule has 0 radical (unpaired) electrons. The molecule has 0 unspecified atom stereocenters. The fourth-order valence-corrected chi connectivity index (χ4v) is 5.78. The lowest BCUT2D eigenvalue weighted by atomic mass is 9.75. The number of aliphatic hydroxyl groups is 1. The van der Waals surface area contributed by atoms with E-state index in [0.29, 0.717) is 5.02 Å². The van der Waals surface area contributed by atoms with Crippen molar-refractivity contribution in [1.82, 2.24) is 19.9 Å². The molecule has 1 saturated heterocycles. The van der Waals surface area contributed by atoms with Crippen molar-refractivity contribution in [3.8, 4) is 5.75 Å². The van der Waals surface area contributed by atoms with Crippen molar-refractivity contribution in [3.63, 3.8) is 0 Å². The first kappa shape index (κ1) is 25.2. The number of fused-ring (bicyclic) bond motifs is 1. The number of hydrogen-bond donors (Lipinski definition) is 1. The van der Waals surface area contributed by atoms with Crippen molar-refractivity contribution in [2.24, 2.45) is 5.41 Å². The first-order valence-electron chi connectivity index (χ1n) is 12.0. The number of halogens is 1. The smallest absolute Gasteiger partial charge is 0.119 e. The normalized spacial score (nSPS) is 16.1. The molecule has 4 rings (SSSR count). The molecule has 6 nitrogen and oxygen atoms in total. The van der Waals surface area contributed by atoms with Crippen LogP contribution >= 0.6 is 23.4 Å². The molecule has 0 aliphatic carbocycles. The highest BCUT2D eigenvalue weighted by Gasteiger charge is 2.33. The van der Waals surface area contributed by atoms with Gasteiger partial charge >= 0.3 is 0 Å². The fraction of sp³-hybridized carbons (Fsp3) is 0.500. The van der Waals surface area contributed by atoms with Crippen LogP contribution in [0.1, 0.15) is 37.7 Å². The molecule has 2 aromatic heterocycles. The number of piperidine rings is 1. The molecule has 1 aromatic carbocycles. The van der Waals surface area contributed by atoms with E-state index >= 15 is 0 Å². The highest BCUT2D eigenvalue weighted by Crippen LogP contribution is 2.37. The minimum absolute atomic E-state index is 0.0118. The Bertz CT molecular complexity index is 1060. The summed E-state index contributed by atoms with van der Waals surface area (Å²) in [4.78, 5) is 15.4. The van der Waals surface area contributed by atoms with Gasteiger partial charge in [0.2, 0.25) is 0 Å². The Morgan fingerprint density at radius 1 is 1.15 bits per heavy atom. The van der Waals surface area contributed by atoms with Gasteiger partial charge in [-0.25, -0.2) is 4.98 Å². The second kappa shape index (κ2) is 12.2. The summed E-state index contributed by atoms with van der Waals surface area (Å²) in [5.41, 5.74) is 2.07. The van der Waals surface area contributed by atoms with Gasteiger partial charge in [0.1, 0.15) is 10.8 Å². The molecule has 1 aliphatic heterocycles. The molecule has 3 heterocycles. The van der Waals surface area contributed by atoms with Crippen LogP contribution in [-0.4, -0.2) is 64.1 Å². The van der Waals surface area contributed by atoms with Crippen LogP contribution in [0.3, 0.4) is 0 Å². The molecule has 1 fully saturated rings. The van der Waals surface area contributed by atoms with Gasteiger partial charge in [-0.2, -0.15) is 0 Å². The van der Waals surface area contributed by atoms with E-state index in [-0.39, 0.29) is 12.0 Å². The Kier molecular flexibility index (Phi) is 9.00. The molecule has 1 aliphatic rings. The predicted octanol–water partition coefficient (Wildman–Crippen LogP) is 5.27. The Balaban J connectivity index is 1.26. The largest absolute Gasteiger partial charge is 0.497 e. The Labute approximate surface area is 211 Å². The lowest BCUT2D eigenvalue weighted by Crippen LogP contribution is -2.42. The van der Waals surface area contributed by atoms with E-state index in [1.54, 1.807) is 37.5 Å². The number of hydrogen-bond acceptors (Lipinski definition) is 7. The number of aliphatic hydroxyl groups excluding tert-OH is 1. The summed E-state index contributed by atoms with van der Waals surface area (Å²) in [6, 6.07) is 5.92. The van der Waals surface area contributed by atoms with Crippen LogP contribution in [0, 0.1) is 5.41 Å². The van der Waals surface area contributed by atoms with E-state index in [9.17, 15) is 5.11 Å². The molecule has 0 spiro atoms. The highest BCUT2D eigenvalue weighted by molar-refractivity contribution is 7.99. The van der Waals surface area contributed by atoms with E-state index in [0.717, 1.165) is 91.2 Å². The molecule has 1 N–H and O–H groups in total. The second-order valence-corrected chi connectivity index (χ2v) is 10.6. The highest BCUT2D eigenvalue weighted by atomic mass is 35.5. The monoisotopic (exact) mass is 500 g/mol. The van der Waals surface area contributed by atoms with E-state index < -0.39 is 0 Å². The molecular formula is C26H33ClN4O2S. The summed E-state index contributed by atoms with van der Waals surface area (Å²) >= 11 is 8.30. The van der Waals surface area contributed by atoms with Gasteiger partial charge in [-0.1, -0.05) is 11.6 Å². The average molecular weight is 501 g/mol. The standard InChI is InChI=1S/C26H33ClN4O2S/c1-33-20-5-6-24-22(16-20)21(23(27)17-30-24)4-2-7-26(19-32)8-13-31(14-9-26)12-3-15-34-25-18-28-10-11-29-25/h5-6,10-11,16-18,32H,2-4,7-9,12-15,19H2,1H3. The SMILES string of the molecule is COc1ccc2ncc(Cl)c(CCCC3(CO)CCN(CCCSc4cnccn4)CC3)c2c1. The summed E-state index contributed by atoms with van der Waals surface area (Å²) in [5.74, 6) is 1.86. The second-order valence-electron chi connectivity index (χ2n) is 9.07. The zero-order chi connectivity index (χ0) is 23.8. The average Bonchev–Trinajstić information content (AvgIpc) is 2.89. The van der Waals surface area contributed by atoms with Crippen molar-refractivity contribution in [1.29, 1.82) is 0 Å². The van der Waals surface area contributed by atoms with Gasteiger partial charge < -0.3 is 14.7 Å². The molecule has 8 heteroatoms. The molecule has 3 aromatic rings. The number of methoxy groups -OCH3 is 1. The van der Waals surface area contributed by atoms with Crippen molar-refractivity contribution < 1.29 is 9.84 Å². The fourth-order valence-electron chi connectivity index (χ4n) is 4.79. The molecule has 0 atom stereocenters. The zero-order valence-corrected chi connectivity index (χ0v) is 21.3. The van der Waals surface area contributed by atoms with Gasteiger partial charge in [-0.05, 0) is 87.3 Å². The summed E-state index contributed by atoms with van der Waals surface area (Å²) < 4.78 is 5.40. The van der Waals surface area contributed by atoms with Crippen molar-refractivity contribution in [2.45, 2.75) is 43.6 Å². The maximum Gasteiger partial charge on any atom is 0.119 e. The van der Waals surface area contributed by atoms with Gasteiger partial charge in [0.25, 0.3) is 0 Å². The van der Waals surface area contributed by atoms with E-state index in [2.05, 4.69) is 19.9 Å². The van der Waals surface area contributed by atoms with E-state index in [1.165, 1.54) is 0 Å². The van der Waals surface area contributed by atoms with Crippen LogP contribution in [0.15, 0.2) is 48.0 Å². The Hall–Kier alpha value is -1.93. The molecule has 0 saturated carbocycles. The molecule has 182 valence electrons. The van der Waals surface area contributed by atoms with E-state index in [1.807, 2.05) is 24.4 Å². The molecular weight excluding hydrogens is 468 g/mol. The van der Waals surface area contributed by atoms with Crippen molar-refractivity contribution >= 4 is 34.3 Å². The number of rotatable bonds is 11. The van der Waals surface area contributed by atoms with Gasteiger partial charge in [-0.3, -0.25) is 9.97 Å². The number of ether oxygens (including phenoxy) is 1. The van der Waals surface area contributed by atoms with Crippen molar-refractivity contribution in [3.05, 3.63) is 53.6 Å². The summed E-state index contributed by atoms with van der Waals surface area (Å²) in [6.07, 6.45) is 13.1. The third-order valence-electron chi connectivity index (χ3n) is 6.93. The number of benzene rings is 1. The minimum atomic E-state index is 0.0118. The number of pyridine rings is 1. The van der Waals surface area contributed by atoms with Crippen LogP contribution < -0.4 is 4.74 Å². The van der Waals surface area contributed by atoms with Crippen LogP contribution in [0.4, 0.5) is 0 Å². The quantitative estimate of drug-likeness (QED) is 0.284. The zero-order valence-electron chi connectivity index (χ0n) is 19.8. The van der Waals surface area contributed by atoms with Crippen LogP contribution in [0.5, 0.6) is 5.75 Å². The number of nitrogens with zero attached hydrogens (tertiary/aromatic N) is 4. The lowest BCUT2D eigenvalue weighted by molar-refractivity contribution is 0.0358. The number of aromatic nitrogens is 3. The van der Waals surface area contributed by atoms with Crippen LogP contribution in [0.25, 0.3) is 10.9 Å². The van der Waals surface area contributed by atoms with Crippen molar-refractivity contribution in [2.75, 3.05) is 39.1 Å². The first-order valence-corrected chi connectivity index (χ1v) is 13.3. The van der Waals surface area contributed by atoms with Gasteiger partial charge in [0.05, 0.1) is 23.8 Å². The maximum absolute atomic E-state index is 10.3. The summed E-state index contributed by atoms with van der Waals surface area (Å²) in [6.45, 7) is 3.44. The third kappa shape index (κ3) is 6.39. The Morgan fingerprint density at radius 3 is 2.74 bits per heavy atom. The van der Waals surface area contributed by atoms with Crippen LogP contribution in [0.2, 0.25) is 5.02 Å². The van der Waals surface area contributed by atoms with Gasteiger partial charge in [0.15, 0.2) is 0 Å². The predicted molar refractivity (Wildman–Crippen MR) is 139 cm³/mol. The molecule has 0 bridgehead atoms. The summed E-state index contributed by atoms with van der Waals surface area (Å²) in [5, 5.41) is 13.0. The topological polar surface area (TPSA) is 71.4 Å². The number of thioether (sulfide) groups is 1. The maximum atomic E-state index is 10.3. The van der Waals surface area contributed by atoms with Crippen LogP contribution in [-0.2, 0) is 6.42 Å². The van der Waals surface area contributed by atoms with Gasteiger partial charge in [-0.15, -0.1) is 11.8 Å². The number of likely N-dealkylation sites (tertiary alicyclic amines) is 1. The van der Waals surface area contributed by atoms with E-state index in [4.69, 9.17) is 16.3 Å². The molecule has 34 heavy (non-hydrogen) atoms.